The van der Waals surface area contributed by atoms with Gasteiger partial charge in [-0.15, -0.1) is 0 Å². The SMILES string of the molecule is CCN(CC)c1ccc(CN2CCC3(CCC(CNC(C)=O)O3)CC2)cc1. The third-order valence-corrected chi connectivity index (χ3v) is 6.16. The van der Waals surface area contributed by atoms with Crippen molar-refractivity contribution in [2.24, 2.45) is 0 Å². The van der Waals surface area contributed by atoms with Gasteiger partial charge in [-0.2, -0.15) is 0 Å². The Balaban J connectivity index is 1.46. The average molecular weight is 374 g/mol. The molecule has 0 bridgehead atoms. The molecule has 1 aromatic rings. The molecule has 1 N–H and O–H groups in total. The highest BCUT2D eigenvalue weighted by atomic mass is 16.5. The van der Waals surface area contributed by atoms with Crippen LogP contribution < -0.4 is 10.2 Å². The van der Waals surface area contributed by atoms with Gasteiger partial charge in [0.25, 0.3) is 0 Å². The molecule has 2 aliphatic heterocycles. The topological polar surface area (TPSA) is 44.8 Å². The Kier molecular flexibility index (Phi) is 6.77. The Hall–Kier alpha value is -1.59. The summed E-state index contributed by atoms with van der Waals surface area (Å²) in [6, 6.07) is 9.04. The fourth-order valence-corrected chi connectivity index (χ4v) is 4.44. The lowest BCUT2D eigenvalue weighted by molar-refractivity contribution is -0.120. The molecule has 0 aromatic heterocycles. The number of anilines is 1. The van der Waals surface area contributed by atoms with Crippen molar-refractivity contribution >= 4 is 11.6 Å². The number of piperidine rings is 1. The number of rotatable bonds is 7. The molecule has 1 aromatic carbocycles. The maximum atomic E-state index is 11.1. The summed E-state index contributed by atoms with van der Waals surface area (Å²) in [5.41, 5.74) is 2.75. The van der Waals surface area contributed by atoms with Crippen molar-refractivity contribution < 1.29 is 9.53 Å². The molecule has 1 spiro atoms. The second-order valence-electron chi connectivity index (χ2n) is 8.01. The minimum Gasteiger partial charge on any atom is -0.372 e. The summed E-state index contributed by atoms with van der Waals surface area (Å²) in [6.07, 6.45) is 4.58. The lowest BCUT2D eigenvalue weighted by Crippen LogP contribution is -2.44. The molecule has 0 saturated carbocycles. The molecule has 0 aliphatic carbocycles. The summed E-state index contributed by atoms with van der Waals surface area (Å²) in [5.74, 6) is 0.0291. The van der Waals surface area contributed by atoms with Gasteiger partial charge in [-0.25, -0.2) is 0 Å². The molecular formula is C22H35N3O2. The van der Waals surface area contributed by atoms with Crippen molar-refractivity contribution in [2.45, 2.75) is 64.7 Å². The van der Waals surface area contributed by atoms with E-state index in [-0.39, 0.29) is 17.6 Å². The van der Waals surface area contributed by atoms with Crippen molar-refractivity contribution in [3.8, 4) is 0 Å². The monoisotopic (exact) mass is 373 g/mol. The van der Waals surface area contributed by atoms with Crippen LogP contribution in [0.2, 0.25) is 0 Å². The first kappa shape index (κ1) is 20.2. The standard InChI is InChI=1S/C22H35N3O2/c1-4-25(5-2)20-8-6-19(7-9-20)17-24-14-12-22(13-15-24)11-10-21(27-22)16-23-18(3)26/h6-9,21H,4-5,10-17H2,1-3H3,(H,23,26). The molecule has 2 aliphatic rings. The molecule has 5 nitrogen and oxygen atoms in total. The number of carbonyl (C=O) groups excluding carboxylic acids is 1. The molecule has 2 heterocycles. The van der Waals surface area contributed by atoms with Gasteiger partial charge in [0.2, 0.25) is 5.91 Å². The quantitative estimate of drug-likeness (QED) is 0.797. The highest BCUT2D eigenvalue weighted by Gasteiger charge is 2.42. The summed E-state index contributed by atoms with van der Waals surface area (Å²) >= 11 is 0. The Labute approximate surface area is 164 Å². The van der Waals surface area contributed by atoms with Crippen LogP contribution in [0.25, 0.3) is 0 Å². The summed E-state index contributed by atoms with van der Waals surface area (Å²) in [5, 5.41) is 2.89. The molecule has 3 rings (SSSR count). The molecule has 2 saturated heterocycles. The zero-order valence-corrected chi connectivity index (χ0v) is 17.2. The molecular weight excluding hydrogens is 338 g/mol. The van der Waals surface area contributed by atoms with E-state index in [4.69, 9.17) is 4.74 Å². The van der Waals surface area contributed by atoms with Gasteiger partial charge in [0.15, 0.2) is 0 Å². The average Bonchev–Trinajstić information content (AvgIpc) is 3.07. The molecule has 27 heavy (non-hydrogen) atoms. The molecule has 5 heteroatoms. The lowest BCUT2D eigenvalue weighted by Gasteiger charge is -2.39. The molecule has 150 valence electrons. The Morgan fingerprint density at radius 3 is 2.44 bits per heavy atom. The third-order valence-electron chi connectivity index (χ3n) is 6.16. The number of carbonyl (C=O) groups is 1. The Morgan fingerprint density at radius 1 is 1.19 bits per heavy atom. The van der Waals surface area contributed by atoms with Gasteiger partial charge in [0.05, 0.1) is 11.7 Å². The third kappa shape index (κ3) is 5.23. The van der Waals surface area contributed by atoms with Crippen LogP contribution in [0.3, 0.4) is 0 Å². The van der Waals surface area contributed by atoms with Crippen LogP contribution in [0, 0.1) is 0 Å². The van der Waals surface area contributed by atoms with E-state index in [9.17, 15) is 4.79 Å². The second kappa shape index (κ2) is 9.07. The predicted octanol–water partition coefficient (Wildman–Crippen LogP) is 3.18. The minimum atomic E-state index is 0.0291. The zero-order valence-electron chi connectivity index (χ0n) is 17.2. The maximum absolute atomic E-state index is 11.1. The summed E-state index contributed by atoms with van der Waals surface area (Å²) < 4.78 is 6.36. The normalized spacial score (nSPS) is 22.1. The van der Waals surface area contributed by atoms with Crippen molar-refractivity contribution in [1.29, 1.82) is 0 Å². The smallest absolute Gasteiger partial charge is 0.216 e. The van der Waals surface area contributed by atoms with Gasteiger partial charge in [-0.3, -0.25) is 9.69 Å². The van der Waals surface area contributed by atoms with Gasteiger partial charge in [-0.1, -0.05) is 12.1 Å². The van der Waals surface area contributed by atoms with E-state index in [1.165, 1.54) is 11.3 Å². The molecule has 1 atom stereocenters. The van der Waals surface area contributed by atoms with Crippen LogP contribution in [-0.4, -0.2) is 55.2 Å². The summed E-state index contributed by atoms with van der Waals surface area (Å²) in [6.45, 7) is 11.9. The highest BCUT2D eigenvalue weighted by molar-refractivity contribution is 5.72. The first-order valence-corrected chi connectivity index (χ1v) is 10.5. The Bertz CT molecular complexity index is 604. The first-order chi connectivity index (χ1) is 13.0. The second-order valence-corrected chi connectivity index (χ2v) is 8.01. The molecule has 1 amide bonds. The van der Waals surface area contributed by atoms with E-state index < -0.39 is 0 Å². The number of likely N-dealkylation sites (tertiary alicyclic amines) is 1. The van der Waals surface area contributed by atoms with Gasteiger partial charge in [-0.05, 0) is 57.2 Å². The van der Waals surface area contributed by atoms with Crippen molar-refractivity contribution in [3.63, 3.8) is 0 Å². The predicted molar refractivity (Wildman–Crippen MR) is 110 cm³/mol. The Morgan fingerprint density at radius 2 is 1.85 bits per heavy atom. The fraction of sp³-hybridized carbons (Fsp3) is 0.682. The van der Waals surface area contributed by atoms with Crippen LogP contribution in [0.1, 0.15) is 52.0 Å². The van der Waals surface area contributed by atoms with Crippen molar-refractivity contribution in [3.05, 3.63) is 29.8 Å². The van der Waals surface area contributed by atoms with E-state index >= 15 is 0 Å². The fourth-order valence-electron chi connectivity index (χ4n) is 4.44. The van der Waals surface area contributed by atoms with Gasteiger partial charge >= 0.3 is 0 Å². The van der Waals surface area contributed by atoms with E-state index in [0.29, 0.717) is 6.54 Å². The summed E-state index contributed by atoms with van der Waals surface area (Å²) in [4.78, 5) is 16.0. The van der Waals surface area contributed by atoms with Crippen LogP contribution >= 0.6 is 0 Å². The van der Waals surface area contributed by atoms with Crippen molar-refractivity contribution in [1.82, 2.24) is 10.2 Å². The number of hydrogen-bond donors (Lipinski definition) is 1. The number of nitrogens with zero attached hydrogens (tertiary/aromatic N) is 2. The number of benzene rings is 1. The lowest BCUT2D eigenvalue weighted by atomic mass is 9.88. The number of hydrogen-bond acceptors (Lipinski definition) is 4. The number of ether oxygens (including phenoxy) is 1. The van der Waals surface area contributed by atoms with E-state index in [2.05, 4.69) is 53.2 Å². The summed E-state index contributed by atoms with van der Waals surface area (Å²) in [7, 11) is 0. The molecule has 1 unspecified atom stereocenters. The van der Waals surface area contributed by atoms with E-state index in [1.54, 1.807) is 6.92 Å². The van der Waals surface area contributed by atoms with Crippen LogP contribution in [0.15, 0.2) is 24.3 Å². The zero-order chi connectivity index (χ0) is 19.3. The molecule has 0 radical (unpaired) electrons. The number of nitrogens with one attached hydrogen (secondary N) is 1. The maximum Gasteiger partial charge on any atom is 0.216 e. The largest absolute Gasteiger partial charge is 0.372 e. The van der Waals surface area contributed by atoms with Crippen LogP contribution in [0.5, 0.6) is 0 Å². The van der Waals surface area contributed by atoms with Gasteiger partial charge < -0.3 is 15.0 Å². The van der Waals surface area contributed by atoms with Gasteiger partial charge in [0, 0.05) is 51.9 Å². The molecule has 2 fully saturated rings. The first-order valence-electron chi connectivity index (χ1n) is 10.5. The minimum absolute atomic E-state index is 0.0291. The number of amides is 1. The van der Waals surface area contributed by atoms with E-state index in [1.807, 2.05) is 0 Å². The van der Waals surface area contributed by atoms with Crippen LogP contribution in [0.4, 0.5) is 5.69 Å². The van der Waals surface area contributed by atoms with E-state index in [0.717, 1.165) is 58.4 Å². The van der Waals surface area contributed by atoms with Crippen LogP contribution in [-0.2, 0) is 16.1 Å². The van der Waals surface area contributed by atoms with Crippen molar-refractivity contribution in [2.75, 3.05) is 37.6 Å². The van der Waals surface area contributed by atoms with Gasteiger partial charge in [0.1, 0.15) is 0 Å². The highest BCUT2D eigenvalue weighted by Crippen LogP contribution is 2.39.